The van der Waals surface area contributed by atoms with Crippen LogP contribution in [0.2, 0.25) is 0 Å². The van der Waals surface area contributed by atoms with E-state index in [0.29, 0.717) is 27.8 Å². The molecule has 0 amide bonds. The van der Waals surface area contributed by atoms with Gasteiger partial charge in [0.2, 0.25) is 5.95 Å². The van der Waals surface area contributed by atoms with Gasteiger partial charge in [-0.25, -0.2) is 9.37 Å². The molecule has 0 unspecified atom stereocenters. The fourth-order valence-corrected chi connectivity index (χ4v) is 2.61. The van der Waals surface area contributed by atoms with Gasteiger partial charge in [0.05, 0.1) is 22.3 Å². The molecular formula is C15H10BrFN4. The summed E-state index contributed by atoms with van der Waals surface area (Å²) < 4.78 is 16.1. The zero-order valence-electron chi connectivity index (χ0n) is 11.1. The SMILES string of the molecule is Cc1cc2c(cc1F)nc(N)n2-c1cc(Br)ccc1C#N. The van der Waals surface area contributed by atoms with Gasteiger partial charge in [0.25, 0.3) is 0 Å². The molecule has 0 saturated carbocycles. The first-order valence-electron chi connectivity index (χ1n) is 6.15. The first kappa shape index (κ1) is 13.6. The minimum atomic E-state index is -0.332. The smallest absolute Gasteiger partial charge is 0.205 e. The number of aromatic nitrogens is 2. The van der Waals surface area contributed by atoms with Crippen LogP contribution in [0.25, 0.3) is 16.7 Å². The molecule has 0 aliphatic heterocycles. The highest BCUT2D eigenvalue weighted by molar-refractivity contribution is 9.10. The van der Waals surface area contributed by atoms with Crippen molar-refractivity contribution in [1.29, 1.82) is 5.26 Å². The van der Waals surface area contributed by atoms with Crippen LogP contribution in [0.15, 0.2) is 34.8 Å². The zero-order chi connectivity index (χ0) is 15.1. The van der Waals surface area contributed by atoms with Crippen LogP contribution in [0.4, 0.5) is 10.3 Å². The van der Waals surface area contributed by atoms with E-state index >= 15 is 0 Å². The van der Waals surface area contributed by atoms with Crippen molar-refractivity contribution in [3.05, 3.63) is 51.7 Å². The van der Waals surface area contributed by atoms with E-state index in [1.807, 2.05) is 0 Å². The molecular weight excluding hydrogens is 335 g/mol. The average molecular weight is 345 g/mol. The van der Waals surface area contributed by atoms with E-state index in [9.17, 15) is 9.65 Å². The predicted molar refractivity (Wildman–Crippen MR) is 82.6 cm³/mol. The third kappa shape index (κ3) is 2.16. The number of anilines is 1. The number of halogens is 2. The Morgan fingerprint density at radius 3 is 2.81 bits per heavy atom. The predicted octanol–water partition coefficient (Wildman–Crippen LogP) is 3.69. The Balaban J connectivity index is 2.41. The van der Waals surface area contributed by atoms with Crippen LogP contribution in [0.5, 0.6) is 0 Å². The van der Waals surface area contributed by atoms with E-state index in [1.165, 1.54) is 6.07 Å². The Hall–Kier alpha value is -2.39. The van der Waals surface area contributed by atoms with Crippen molar-refractivity contribution in [3.8, 4) is 11.8 Å². The average Bonchev–Trinajstić information content (AvgIpc) is 2.74. The van der Waals surface area contributed by atoms with E-state index in [4.69, 9.17) is 5.73 Å². The first-order valence-corrected chi connectivity index (χ1v) is 6.94. The van der Waals surface area contributed by atoms with E-state index in [-0.39, 0.29) is 11.8 Å². The maximum Gasteiger partial charge on any atom is 0.205 e. The number of hydrogen-bond acceptors (Lipinski definition) is 3. The van der Waals surface area contributed by atoms with E-state index in [2.05, 4.69) is 27.0 Å². The lowest BCUT2D eigenvalue weighted by Crippen LogP contribution is -2.03. The molecule has 0 fully saturated rings. The quantitative estimate of drug-likeness (QED) is 0.731. The topological polar surface area (TPSA) is 67.6 Å². The third-order valence-electron chi connectivity index (χ3n) is 3.28. The van der Waals surface area contributed by atoms with Crippen LogP contribution >= 0.6 is 15.9 Å². The standard InChI is InChI=1S/C15H10BrFN4/c1-8-4-14-12(6-11(8)17)20-15(19)21(14)13-5-10(16)3-2-9(13)7-18/h2-6H,1H3,(H2,19,20). The summed E-state index contributed by atoms with van der Waals surface area (Å²) in [6.45, 7) is 1.68. The summed E-state index contributed by atoms with van der Waals surface area (Å²) in [6, 6.07) is 10.4. The second-order valence-electron chi connectivity index (χ2n) is 4.67. The van der Waals surface area contributed by atoms with Gasteiger partial charge in [-0.2, -0.15) is 5.26 Å². The van der Waals surface area contributed by atoms with Gasteiger partial charge in [0.15, 0.2) is 0 Å². The Morgan fingerprint density at radius 1 is 1.33 bits per heavy atom. The third-order valence-corrected chi connectivity index (χ3v) is 3.78. The second kappa shape index (κ2) is 4.86. The summed E-state index contributed by atoms with van der Waals surface area (Å²) in [5, 5.41) is 9.27. The van der Waals surface area contributed by atoms with E-state index in [1.54, 1.807) is 35.8 Å². The molecule has 0 atom stereocenters. The van der Waals surface area contributed by atoms with Crippen LogP contribution in [0.1, 0.15) is 11.1 Å². The van der Waals surface area contributed by atoms with Crippen molar-refractivity contribution >= 4 is 32.9 Å². The summed E-state index contributed by atoms with van der Waals surface area (Å²) in [7, 11) is 0. The molecule has 1 aromatic heterocycles. The van der Waals surface area contributed by atoms with Crippen molar-refractivity contribution in [1.82, 2.24) is 9.55 Å². The number of rotatable bonds is 1. The second-order valence-corrected chi connectivity index (χ2v) is 5.58. The van der Waals surface area contributed by atoms with Crippen LogP contribution < -0.4 is 5.73 Å². The van der Waals surface area contributed by atoms with Crippen molar-refractivity contribution < 1.29 is 4.39 Å². The number of benzene rings is 2. The first-order chi connectivity index (χ1) is 10.0. The number of nitrogen functional groups attached to an aromatic ring is 1. The lowest BCUT2D eigenvalue weighted by atomic mass is 10.1. The van der Waals surface area contributed by atoms with Crippen molar-refractivity contribution in [2.24, 2.45) is 0 Å². The van der Waals surface area contributed by atoms with E-state index < -0.39 is 0 Å². The molecule has 0 spiro atoms. The molecule has 4 nitrogen and oxygen atoms in total. The highest BCUT2D eigenvalue weighted by Crippen LogP contribution is 2.28. The maximum atomic E-state index is 13.7. The Bertz CT molecular complexity index is 908. The van der Waals surface area contributed by atoms with Crippen LogP contribution in [-0.2, 0) is 0 Å². The molecule has 0 bridgehead atoms. The fourth-order valence-electron chi connectivity index (χ4n) is 2.26. The highest BCUT2D eigenvalue weighted by atomic mass is 79.9. The van der Waals surface area contributed by atoms with Gasteiger partial charge in [-0.1, -0.05) is 15.9 Å². The largest absolute Gasteiger partial charge is 0.369 e. The number of imidazole rings is 1. The minimum absolute atomic E-state index is 0.213. The van der Waals surface area contributed by atoms with Gasteiger partial charge in [-0.05, 0) is 36.8 Å². The summed E-state index contributed by atoms with van der Waals surface area (Å²) in [5.41, 5.74) is 8.66. The lowest BCUT2D eigenvalue weighted by molar-refractivity contribution is 0.620. The molecule has 0 aliphatic carbocycles. The summed E-state index contributed by atoms with van der Waals surface area (Å²) in [4.78, 5) is 4.17. The molecule has 6 heteroatoms. The molecule has 2 aromatic carbocycles. The number of nitrogens with two attached hydrogens (primary N) is 1. The van der Waals surface area contributed by atoms with Crippen LogP contribution in [-0.4, -0.2) is 9.55 Å². The van der Waals surface area contributed by atoms with Crippen molar-refractivity contribution in [3.63, 3.8) is 0 Å². The molecule has 21 heavy (non-hydrogen) atoms. The monoisotopic (exact) mass is 344 g/mol. The molecule has 0 aliphatic rings. The van der Waals surface area contributed by atoms with Gasteiger partial charge in [0.1, 0.15) is 11.9 Å². The number of nitrogens with zero attached hydrogens (tertiary/aromatic N) is 3. The van der Waals surface area contributed by atoms with Crippen molar-refractivity contribution in [2.75, 3.05) is 5.73 Å². The molecule has 0 saturated heterocycles. The van der Waals surface area contributed by atoms with Crippen LogP contribution in [0.3, 0.4) is 0 Å². The Kier molecular flexibility index (Phi) is 3.15. The molecule has 104 valence electrons. The van der Waals surface area contributed by atoms with Gasteiger partial charge in [0, 0.05) is 10.5 Å². The lowest BCUT2D eigenvalue weighted by Gasteiger charge is -2.09. The van der Waals surface area contributed by atoms with Gasteiger partial charge >= 0.3 is 0 Å². The highest BCUT2D eigenvalue weighted by Gasteiger charge is 2.15. The van der Waals surface area contributed by atoms with Gasteiger partial charge in [-0.3, -0.25) is 4.57 Å². The fraction of sp³-hybridized carbons (Fsp3) is 0.0667. The normalized spacial score (nSPS) is 10.8. The van der Waals surface area contributed by atoms with Crippen LogP contribution in [0, 0.1) is 24.1 Å². The summed E-state index contributed by atoms with van der Waals surface area (Å²) >= 11 is 3.38. The maximum absolute atomic E-state index is 13.7. The number of fused-ring (bicyclic) bond motifs is 1. The van der Waals surface area contributed by atoms with Gasteiger partial charge in [-0.15, -0.1) is 0 Å². The molecule has 2 N–H and O–H groups in total. The summed E-state index contributed by atoms with van der Waals surface area (Å²) in [6.07, 6.45) is 0. The zero-order valence-corrected chi connectivity index (χ0v) is 12.6. The number of hydrogen-bond donors (Lipinski definition) is 1. The Labute approximate surface area is 128 Å². The molecule has 1 heterocycles. The van der Waals surface area contributed by atoms with E-state index in [0.717, 1.165) is 4.47 Å². The number of nitriles is 1. The minimum Gasteiger partial charge on any atom is -0.369 e. The molecule has 3 rings (SSSR count). The Morgan fingerprint density at radius 2 is 2.10 bits per heavy atom. The molecule has 3 aromatic rings. The van der Waals surface area contributed by atoms with Crippen molar-refractivity contribution in [2.45, 2.75) is 6.92 Å². The van der Waals surface area contributed by atoms with Gasteiger partial charge < -0.3 is 5.73 Å². The number of aryl methyl sites for hydroxylation is 1. The molecule has 0 radical (unpaired) electrons. The summed E-state index contributed by atoms with van der Waals surface area (Å²) in [5.74, 6) is -0.119.